The standard InChI is InChI=1S/C32H39Cl2F2N5O7/c1-46-30-28(40-15-23(37-38-40)17-10-21(35)27(22(36)11-17)39-6-8-47-9-7-39)29(44)26(16-42)48-31(30)32(45)41(24-4-2-3-5-25(24)43)20-13-18(33)12-19(34)14-20/h10-11,13-15,18,24-26,28-31,42-44H,2-9,12,16H2,1H3/t18?,24-,25-,26+,28-,29-,30+,31+/m0/s1. The lowest BCUT2D eigenvalue weighted by Gasteiger charge is -2.46. The van der Waals surface area contributed by atoms with Crippen LogP contribution >= 0.6 is 23.2 Å². The second-order valence-corrected chi connectivity index (χ2v) is 13.5. The van der Waals surface area contributed by atoms with E-state index >= 15 is 8.78 Å². The first-order chi connectivity index (χ1) is 23.1. The van der Waals surface area contributed by atoms with E-state index in [4.69, 9.17) is 37.4 Å². The van der Waals surface area contributed by atoms with E-state index in [9.17, 15) is 20.1 Å². The van der Waals surface area contributed by atoms with Crippen molar-refractivity contribution in [1.82, 2.24) is 19.9 Å². The van der Waals surface area contributed by atoms with Crippen molar-refractivity contribution in [2.75, 3.05) is 44.9 Å². The minimum Gasteiger partial charge on any atom is -0.394 e. The Labute approximate surface area is 286 Å². The molecule has 2 aliphatic heterocycles. The van der Waals surface area contributed by atoms with E-state index in [1.54, 1.807) is 17.1 Å². The largest absolute Gasteiger partial charge is 0.394 e. The van der Waals surface area contributed by atoms with Crippen LogP contribution in [0.1, 0.15) is 38.1 Å². The number of rotatable bonds is 8. The average molecular weight is 715 g/mol. The van der Waals surface area contributed by atoms with Gasteiger partial charge in [-0.25, -0.2) is 13.5 Å². The Morgan fingerprint density at radius 2 is 1.88 bits per heavy atom. The summed E-state index contributed by atoms with van der Waals surface area (Å²) >= 11 is 12.9. The maximum Gasteiger partial charge on any atom is 0.259 e. The number of methoxy groups -OCH3 is 1. The molecule has 1 aromatic carbocycles. The zero-order valence-corrected chi connectivity index (χ0v) is 27.8. The van der Waals surface area contributed by atoms with Crippen LogP contribution in [-0.2, 0) is 19.0 Å². The maximum absolute atomic E-state index is 15.3. The molecule has 0 radical (unpaired) electrons. The van der Waals surface area contributed by atoms with Crippen molar-refractivity contribution in [1.29, 1.82) is 0 Å². The number of halogens is 4. The Kier molecular flexibility index (Phi) is 11.0. The normalized spacial score (nSPS) is 31.3. The van der Waals surface area contributed by atoms with Crippen LogP contribution < -0.4 is 4.90 Å². The molecular formula is C32H39Cl2F2N5O7. The highest BCUT2D eigenvalue weighted by Gasteiger charge is 2.52. The van der Waals surface area contributed by atoms with E-state index in [0.29, 0.717) is 56.3 Å². The van der Waals surface area contributed by atoms with Gasteiger partial charge in [0.2, 0.25) is 0 Å². The molecule has 3 heterocycles. The average Bonchev–Trinajstić information content (AvgIpc) is 3.55. The highest BCUT2D eigenvalue weighted by Crippen LogP contribution is 2.38. The number of carbonyl (C=O) groups is 1. The number of nitrogens with zero attached hydrogens (tertiary/aromatic N) is 5. The third-order valence-electron chi connectivity index (χ3n) is 9.43. The number of alkyl halides is 1. The number of aliphatic hydroxyl groups excluding tert-OH is 3. The zero-order chi connectivity index (χ0) is 34.1. The topological polar surface area (TPSA) is 143 Å². The lowest BCUT2D eigenvalue weighted by atomic mass is 9.88. The summed E-state index contributed by atoms with van der Waals surface area (Å²) in [6.45, 7) is 0.757. The molecule has 48 heavy (non-hydrogen) atoms. The molecule has 2 aliphatic carbocycles. The first-order valence-corrected chi connectivity index (χ1v) is 16.9. The number of aromatic nitrogens is 3. The number of carbonyl (C=O) groups excluding carboxylic acids is 1. The van der Waals surface area contributed by atoms with Crippen molar-refractivity contribution in [3.63, 3.8) is 0 Å². The fourth-order valence-corrected chi connectivity index (χ4v) is 7.73. The number of amides is 1. The fourth-order valence-electron chi connectivity index (χ4n) is 7.08. The zero-order valence-electron chi connectivity index (χ0n) is 26.3. The Bertz CT molecular complexity index is 1520. The quantitative estimate of drug-likeness (QED) is 0.350. The van der Waals surface area contributed by atoms with Crippen molar-refractivity contribution < 1.29 is 43.1 Å². The predicted octanol–water partition coefficient (Wildman–Crippen LogP) is 2.89. The first kappa shape index (κ1) is 35.1. The van der Waals surface area contributed by atoms with Gasteiger partial charge in [0.25, 0.3) is 5.91 Å². The van der Waals surface area contributed by atoms with Gasteiger partial charge in [-0.1, -0.05) is 29.7 Å². The third kappa shape index (κ3) is 6.99. The molecule has 1 aromatic heterocycles. The maximum atomic E-state index is 15.3. The number of anilines is 1. The molecule has 0 bridgehead atoms. The van der Waals surface area contributed by atoms with Crippen LogP contribution in [0.2, 0.25) is 0 Å². The van der Waals surface area contributed by atoms with Crippen LogP contribution in [-0.4, -0.2) is 123 Å². The number of benzene rings is 1. The number of allylic oxidation sites excluding steroid dienone is 3. The number of hydrogen-bond donors (Lipinski definition) is 3. The highest BCUT2D eigenvalue weighted by atomic mass is 35.5. The summed E-state index contributed by atoms with van der Waals surface area (Å²) in [4.78, 5) is 17.6. The molecule has 2 aromatic rings. The van der Waals surface area contributed by atoms with Crippen molar-refractivity contribution in [2.45, 2.75) is 80.1 Å². The van der Waals surface area contributed by atoms with Crippen molar-refractivity contribution in [2.24, 2.45) is 0 Å². The van der Waals surface area contributed by atoms with Crippen molar-refractivity contribution in [3.8, 4) is 11.3 Å². The summed E-state index contributed by atoms with van der Waals surface area (Å²) in [5, 5.41) is 40.8. The molecule has 4 aliphatic rings. The minimum absolute atomic E-state index is 0.102. The van der Waals surface area contributed by atoms with Gasteiger partial charge >= 0.3 is 0 Å². The number of morpholine rings is 1. The van der Waals surface area contributed by atoms with Crippen LogP contribution in [0, 0.1) is 11.6 Å². The van der Waals surface area contributed by atoms with Gasteiger partial charge < -0.3 is 39.3 Å². The van der Waals surface area contributed by atoms with Crippen molar-refractivity contribution in [3.05, 3.63) is 52.8 Å². The van der Waals surface area contributed by atoms with Crippen LogP contribution in [0.4, 0.5) is 14.5 Å². The Balaban J connectivity index is 1.33. The van der Waals surface area contributed by atoms with Crippen LogP contribution in [0.3, 0.4) is 0 Å². The second-order valence-electron chi connectivity index (χ2n) is 12.5. The first-order valence-electron chi connectivity index (χ1n) is 16.1. The van der Waals surface area contributed by atoms with E-state index in [-0.39, 0.29) is 16.9 Å². The SMILES string of the molecule is CO[C@@H]1[C@@H](n2cc(-c3cc(F)c(N4CCOCC4)c(F)c3)nn2)[C@@H](O)[C@@H](CO)O[C@H]1C(=O)N(C1=CC(Cl)CC(Cl)=C1)[C@H]1CCCC[C@@H]1O. The molecule has 8 atom stereocenters. The molecule has 1 saturated carbocycles. The molecule has 16 heteroatoms. The summed E-state index contributed by atoms with van der Waals surface area (Å²) < 4.78 is 48.9. The van der Waals surface area contributed by atoms with Gasteiger partial charge in [0.05, 0.1) is 43.5 Å². The van der Waals surface area contributed by atoms with Gasteiger partial charge in [0.1, 0.15) is 47.4 Å². The summed E-state index contributed by atoms with van der Waals surface area (Å²) in [5.41, 5.74) is 0.455. The summed E-state index contributed by atoms with van der Waals surface area (Å²) in [7, 11) is 1.34. The number of aliphatic hydroxyl groups is 3. The fraction of sp³-hybridized carbons (Fsp3) is 0.594. The summed E-state index contributed by atoms with van der Waals surface area (Å²) in [5.74, 6) is -2.14. The molecular weight excluding hydrogens is 675 g/mol. The number of ether oxygens (including phenoxy) is 3. The molecule has 6 rings (SSSR count). The number of hydrogen-bond acceptors (Lipinski definition) is 10. The minimum atomic E-state index is -1.43. The molecule has 262 valence electrons. The molecule has 3 fully saturated rings. The van der Waals surface area contributed by atoms with E-state index < -0.39 is 72.1 Å². The molecule has 1 amide bonds. The van der Waals surface area contributed by atoms with Gasteiger partial charge in [-0.05, 0) is 37.1 Å². The highest BCUT2D eigenvalue weighted by molar-refractivity contribution is 6.31. The Morgan fingerprint density at radius 1 is 1.17 bits per heavy atom. The summed E-state index contributed by atoms with van der Waals surface area (Å²) in [6.07, 6.45) is 1.57. The second kappa shape index (κ2) is 15.1. The van der Waals surface area contributed by atoms with Crippen molar-refractivity contribution >= 4 is 34.8 Å². The smallest absolute Gasteiger partial charge is 0.259 e. The lowest BCUT2D eigenvalue weighted by Crippen LogP contribution is -2.62. The van der Waals surface area contributed by atoms with Gasteiger partial charge in [-0.3, -0.25) is 4.79 Å². The monoisotopic (exact) mass is 713 g/mol. The van der Waals surface area contributed by atoms with E-state index in [0.717, 1.165) is 25.0 Å². The van der Waals surface area contributed by atoms with E-state index in [2.05, 4.69) is 10.3 Å². The lowest BCUT2D eigenvalue weighted by molar-refractivity contribution is -0.217. The van der Waals surface area contributed by atoms with Crippen LogP contribution in [0.5, 0.6) is 0 Å². The summed E-state index contributed by atoms with van der Waals surface area (Å²) in [6, 6.07) is 0.569. The van der Waals surface area contributed by atoms with Crippen LogP contribution in [0.15, 0.2) is 41.2 Å². The molecule has 2 saturated heterocycles. The third-order valence-corrected chi connectivity index (χ3v) is 9.97. The Hall–Kier alpha value is -2.69. The molecule has 0 spiro atoms. The van der Waals surface area contributed by atoms with Gasteiger partial charge in [0.15, 0.2) is 6.10 Å². The Morgan fingerprint density at radius 3 is 2.52 bits per heavy atom. The molecule has 12 nitrogen and oxygen atoms in total. The molecule has 1 unspecified atom stereocenters. The van der Waals surface area contributed by atoms with Gasteiger partial charge in [0, 0.05) is 42.9 Å². The van der Waals surface area contributed by atoms with Crippen LogP contribution in [0.25, 0.3) is 11.3 Å². The van der Waals surface area contributed by atoms with Gasteiger partial charge in [-0.2, -0.15) is 0 Å². The van der Waals surface area contributed by atoms with E-state index in [1.807, 2.05) is 0 Å². The van der Waals surface area contributed by atoms with E-state index in [1.165, 1.54) is 22.9 Å². The predicted molar refractivity (Wildman–Crippen MR) is 171 cm³/mol. The molecule has 3 N–H and O–H groups in total. The van der Waals surface area contributed by atoms with Gasteiger partial charge in [-0.15, -0.1) is 16.7 Å².